The van der Waals surface area contributed by atoms with Gasteiger partial charge >= 0.3 is 5.97 Å². The first-order valence-electron chi connectivity index (χ1n) is 7.52. The molecule has 0 saturated carbocycles. The van der Waals surface area contributed by atoms with Crippen LogP contribution in [0.3, 0.4) is 0 Å². The van der Waals surface area contributed by atoms with Crippen LogP contribution >= 0.6 is 0 Å². The number of hydrogen-bond donors (Lipinski definition) is 0. The highest BCUT2D eigenvalue weighted by molar-refractivity contribution is 5.71. The number of hydrogen-bond acceptors (Lipinski definition) is 5. The van der Waals surface area contributed by atoms with E-state index in [0.29, 0.717) is 23.0 Å². The molecule has 0 spiro atoms. The molecular weight excluding hydrogens is 325 g/mol. The number of ether oxygens (including phenoxy) is 2. The van der Waals surface area contributed by atoms with Crippen molar-refractivity contribution in [2.75, 3.05) is 14.2 Å². The number of esters is 1. The highest BCUT2D eigenvalue weighted by Gasteiger charge is 2.16. The van der Waals surface area contributed by atoms with Gasteiger partial charge in [-0.05, 0) is 48.5 Å². The van der Waals surface area contributed by atoms with Gasteiger partial charge < -0.3 is 9.47 Å². The highest BCUT2D eigenvalue weighted by Crippen LogP contribution is 2.24. The largest absolute Gasteiger partial charge is 0.497 e. The number of rotatable bonds is 5. The Morgan fingerprint density at radius 2 is 1.68 bits per heavy atom. The first kappa shape index (κ1) is 16.6. The van der Waals surface area contributed by atoms with Crippen LogP contribution in [0, 0.1) is 5.82 Å². The molecule has 0 amide bonds. The van der Waals surface area contributed by atoms with E-state index in [1.807, 2.05) is 12.1 Å². The lowest BCUT2D eigenvalue weighted by Crippen LogP contribution is -2.13. The molecule has 3 rings (SSSR count). The smallest absolute Gasteiger partial charge is 0.327 e. The summed E-state index contributed by atoms with van der Waals surface area (Å²) in [5, 5.41) is 4.37. The average molecular weight is 341 g/mol. The molecule has 0 aliphatic rings. The van der Waals surface area contributed by atoms with E-state index in [4.69, 9.17) is 9.47 Å². The molecule has 0 radical (unpaired) electrons. The maximum atomic E-state index is 13.1. The minimum absolute atomic E-state index is 0.0773. The van der Waals surface area contributed by atoms with Crippen molar-refractivity contribution in [3.63, 3.8) is 0 Å². The number of benzene rings is 2. The van der Waals surface area contributed by atoms with Crippen molar-refractivity contribution in [3.05, 3.63) is 54.3 Å². The van der Waals surface area contributed by atoms with E-state index >= 15 is 0 Å². The monoisotopic (exact) mass is 341 g/mol. The Morgan fingerprint density at radius 3 is 2.28 bits per heavy atom. The van der Waals surface area contributed by atoms with Crippen molar-refractivity contribution in [1.29, 1.82) is 0 Å². The van der Waals surface area contributed by atoms with Crippen molar-refractivity contribution in [1.82, 2.24) is 14.8 Å². The van der Waals surface area contributed by atoms with Crippen LogP contribution in [-0.2, 0) is 16.1 Å². The Morgan fingerprint density at radius 1 is 1.04 bits per heavy atom. The highest BCUT2D eigenvalue weighted by atomic mass is 19.1. The lowest BCUT2D eigenvalue weighted by Gasteiger charge is -2.05. The van der Waals surface area contributed by atoms with E-state index in [0.717, 1.165) is 5.56 Å². The zero-order valence-corrected chi connectivity index (χ0v) is 13.8. The molecule has 0 N–H and O–H groups in total. The molecule has 3 aromatic rings. The molecule has 0 fully saturated rings. The third-order valence-electron chi connectivity index (χ3n) is 3.63. The summed E-state index contributed by atoms with van der Waals surface area (Å²) in [6.45, 7) is -0.0773. The average Bonchev–Trinajstić information content (AvgIpc) is 3.06. The first-order valence-corrected chi connectivity index (χ1v) is 7.52. The van der Waals surface area contributed by atoms with Crippen molar-refractivity contribution in [2.24, 2.45) is 0 Å². The normalized spacial score (nSPS) is 10.5. The van der Waals surface area contributed by atoms with Gasteiger partial charge in [-0.25, -0.2) is 14.1 Å². The third-order valence-corrected chi connectivity index (χ3v) is 3.63. The van der Waals surface area contributed by atoms with E-state index < -0.39 is 5.97 Å². The van der Waals surface area contributed by atoms with Gasteiger partial charge in [0.1, 0.15) is 18.1 Å². The molecule has 7 heteroatoms. The number of aromatic nitrogens is 3. The predicted octanol–water partition coefficient (Wildman–Crippen LogP) is 2.93. The minimum atomic E-state index is -0.440. The second-order valence-corrected chi connectivity index (χ2v) is 5.23. The van der Waals surface area contributed by atoms with Gasteiger partial charge in [0.2, 0.25) is 0 Å². The second kappa shape index (κ2) is 7.12. The van der Waals surface area contributed by atoms with E-state index in [9.17, 15) is 9.18 Å². The summed E-state index contributed by atoms with van der Waals surface area (Å²) in [4.78, 5) is 16.2. The van der Waals surface area contributed by atoms with Crippen molar-refractivity contribution < 1.29 is 18.7 Å². The van der Waals surface area contributed by atoms with Crippen LogP contribution in [0.5, 0.6) is 5.75 Å². The molecule has 0 aliphatic carbocycles. The van der Waals surface area contributed by atoms with Gasteiger partial charge in [-0.15, -0.1) is 5.10 Å². The van der Waals surface area contributed by atoms with Crippen LogP contribution < -0.4 is 4.74 Å². The summed E-state index contributed by atoms with van der Waals surface area (Å²) in [6, 6.07) is 13.1. The van der Waals surface area contributed by atoms with Gasteiger partial charge in [0, 0.05) is 11.1 Å². The van der Waals surface area contributed by atoms with Crippen molar-refractivity contribution >= 4 is 5.97 Å². The van der Waals surface area contributed by atoms with Crippen LogP contribution in [0.25, 0.3) is 22.8 Å². The molecule has 0 aliphatic heterocycles. The maximum Gasteiger partial charge on any atom is 0.327 e. The lowest BCUT2D eigenvalue weighted by molar-refractivity contribution is -0.141. The first-order chi connectivity index (χ1) is 12.1. The Hall–Kier alpha value is -3.22. The SMILES string of the molecule is COC(=O)Cn1nc(-c2ccc(F)cc2)nc1-c1ccc(OC)cc1. The molecule has 0 unspecified atom stereocenters. The Balaban J connectivity index is 2.04. The molecule has 0 bridgehead atoms. The van der Waals surface area contributed by atoms with Gasteiger partial charge in [-0.1, -0.05) is 0 Å². The van der Waals surface area contributed by atoms with Gasteiger partial charge in [-0.3, -0.25) is 4.79 Å². The number of carbonyl (C=O) groups is 1. The van der Waals surface area contributed by atoms with Gasteiger partial charge in [-0.2, -0.15) is 0 Å². The second-order valence-electron chi connectivity index (χ2n) is 5.23. The van der Waals surface area contributed by atoms with E-state index in [-0.39, 0.29) is 12.4 Å². The van der Waals surface area contributed by atoms with E-state index in [2.05, 4.69) is 10.1 Å². The van der Waals surface area contributed by atoms with Gasteiger partial charge in [0.05, 0.1) is 14.2 Å². The van der Waals surface area contributed by atoms with E-state index in [1.165, 1.54) is 23.9 Å². The molecule has 1 heterocycles. The minimum Gasteiger partial charge on any atom is -0.497 e. The van der Waals surface area contributed by atoms with E-state index in [1.54, 1.807) is 31.4 Å². The third kappa shape index (κ3) is 3.65. The number of nitrogens with zero attached hydrogens (tertiary/aromatic N) is 3. The standard InChI is InChI=1S/C18H16FN3O3/c1-24-15-9-5-13(6-10-15)18-20-17(12-3-7-14(19)8-4-12)21-22(18)11-16(23)25-2/h3-10H,11H2,1-2H3. The van der Waals surface area contributed by atoms with Crippen molar-refractivity contribution in [2.45, 2.75) is 6.54 Å². The molecule has 6 nitrogen and oxygen atoms in total. The summed E-state index contributed by atoms with van der Waals surface area (Å²) in [5.74, 6) is 0.835. The van der Waals surface area contributed by atoms with Crippen molar-refractivity contribution in [3.8, 4) is 28.5 Å². The van der Waals surface area contributed by atoms with Crippen LogP contribution in [0.4, 0.5) is 4.39 Å². The van der Waals surface area contributed by atoms with Crippen LogP contribution in [0.2, 0.25) is 0 Å². The van der Waals surface area contributed by atoms with Crippen LogP contribution in [0.15, 0.2) is 48.5 Å². The Kier molecular flexibility index (Phi) is 4.74. The zero-order chi connectivity index (χ0) is 17.8. The van der Waals surface area contributed by atoms with Gasteiger partial charge in [0.15, 0.2) is 11.6 Å². The van der Waals surface area contributed by atoms with Crippen LogP contribution in [0.1, 0.15) is 0 Å². The molecule has 2 aromatic carbocycles. The quantitative estimate of drug-likeness (QED) is 0.668. The topological polar surface area (TPSA) is 66.2 Å². The molecule has 1 aromatic heterocycles. The molecule has 0 saturated heterocycles. The van der Waals surface area contributed by atoms with Gasteiger partial charge in [0.25, 0.3) is 0 Å². The summed E-state index contributed by atoms with van der Waals surface area (Å²) >= 11 is 0. The molecule has 25 heavy (non-hydrogen) atoms. The summed E-state index contributed by atoms with van der Waals surface area (Å²) in [7, 11) is 2.90. The van der Waals surface area contributed by atoms with Crippen LogP contribution in [-0.4, -0.2) is 35.0 Å². The number of carbonyl (C=O) groups excluding carboxylic acids is 1. The number of halogens is 1. The molecule has 0 atom stereocenters. The fourth-order valence-corrected chi connectivity index (χ4v) is 2.31. The molecular formula is C18H16FN3O3. The maximum absolute atomic E-state index is 13.1. The summed E-state index contributed by atoms with van der Waals surface area (Å²) in [5.41, 5.74) is 1.42. The summed E-state index contributed by atoms with van der Waals surface area (Å²) < 4.78 is 24.5. The Bertz CT molecular complexity index is 874. The predicted molar refractivity (Wildman–Crippen MR) is 89.4 cm³/mol. The lowest BCUT2D eigenvalue weighted by atomic mass is 10.2. The fourth-order valence-electron chi connectivity index (χ4n) is 2.31. The summed E-state index contributed by atoms with van der Waals surface area (Å²) in [6.07, 6.45) is 0. The fraction of sp³-hybridized carbons (Fsp3) is 0.167. The molecule has 128 valence electrons. The zero-order valence-electron chi connectivity index (χ0n) is 13.8. The number of methoxy groups -OCH3 is 2. The Labute approximate surface area is 143 Å².